The molecule has 0 unspecified atom stereocenters. The molecule has 1 aromatic carbocycles. The minimum Gasteiger partial charge on any atom is -0.394 e. The Morgan fingerprint density at radius 2 is 1.61 bits per heavy atom. The highest BCUT2D eigenvalue weighted by Gasteiger charge is 2.41. The largest absolute Gasteiger partial charge is 0.394 e. The Kier molecular flexibility index (Phi) is 5.95. The van der Waals surface area contributed by atoms with Crippen LogP contribution in [0.4, 0.5) is 0 Å². The molecule has 6 nitrogen and oxygen atoms in total. The average molecular weight is 387 g/mol. The summed E-state index contributed by atoms with van der Waals surface area (Å²) >= 11 is 3.28. The van der Waals surface area contributed by atoms with Gasteiger partial charge in [-0.2, -0.15) is 0 Å². The highest BCUT2D eigenvalue weighted by molar-refractivity contribution is 9.10. The van der Waals surface area contributed by atoms with E-state index in [9.17, 15) is 19.8 Å². The van der Waals surface area contributed by atoms with Gasteiger partial charge in [-0.25, -0.2) is 0 Å². The van der Waals surface area contributed by atoms with Crippen molar-refractivity contribution >= 4 is 27.7 Å². The van der Waals surface area contributed by atoms with Gasteiger partial charge in [0.25, 0.3) is 5.91 Å². The van der Waals surface area contributed by atoms with Gasteiger partial charge in [0.2, 0.25) is 5.91 Å². The molecular weight excluding hydrogens is 364 g/mol. The lowest BCUT2D eigenvalue weighted by Gasteiger charge is -2.47. The molecule has 0 spiro atoms. The molecule has 4 N–H and O–H groups in total. The lowest BCUT2D eigenvalue weighted by Crippen LogP contribution is -2.61. The van der Waals surface area contributed by atoms with Crippen LogP contribution in [0.15, 0.2) is 22.7 Å². The SMILES string of the molecule is CC(C)(CO)N(C(=O)c1ccc(C(N)=O)cc1Br)C(C)(C)CO. The topological polar surface area (TPSA) is 104 Å². The quantitative estimate of drug-likeness (QED) is 0.689. The van der Waals surface area contributed by atoms with Crippen molar-refractivity contribution in [2.45, 2.75) is 38.8 Å². The summed E-state index contributed by atoms with van der Waals surface area (Å²) in [4.78, 5) is 25.7. The predicted octanol–water partition coefficient (Wildman–Crippen LogP) is 1.53. The Labute approximate surface area is 144 Å². The number of aliphatic hydroxyl groups is 2. The van der Waals surface area contributed by atoms with Crippen molar-refractivity contribution in [3.05, 3.63) is 33.8 Å². The van der Waals surface area contributed by atoms with Crippen molar-refractivity contribution in [2.75, 3.05) is 13.2 Å². The Balaban J connectivity index is 3.39. The zero-order valence-electron chi connectivity index (χ0n) is 13.8. The maximum atomic E-state index is 13.0. The molecule has 0 saturated carbocycles. The van der Waals surface area contributed by atoms with E-state index in [1.807, 2.05) is 0 Å². The Hall–Kier alpha value is -1.44. The highest BCUT2D eigenvalue weighted by Crippen LogP contribution is 2.30. The molecular formula is C16H23BrN2O4. The first kappa shape index (κ1) is 19.6. The smallest absolute Gasteiger partial charge is 0.256 e. The van der Waals surface area contributed by atoms with Crippen LogP contribution in [-0.4, -0.2) is 51.2 Å². The zero-order valence-corrected chi connectivity index (χ0v) is 15.3. The van der Waals surface area contributed by atoms with Crippen LogP contribution in [0.2, 0.25) is 0 Å². The van der Waals surface area contributed by atoms with Gasteiger partial charge < -0.3 is 20.8 Å². The molecule has 1 rings (SSSR count). The van der Waals surface area contributed by atoms with Crippen LogP contribution in [0.1, 0.15) is 48.4 Å². The van der Waals surface area contributed by atoms with Crippen LogP contribution < -0.4 is 5.73 Å². The summed E-state index contributed by atoms with van der Waals surface area (Å²) in [5, 5.41) is 19.3. The van der Waals surface area contributed by atoms with Crippen LogP contribution in [0.25, 0.3) is 0 Å². The monoisotopic (exact) mass is 386 g/mol. The number of aliphatic hydroxyl groups excluding tert-OH is 2. The third-order valence-corrected chi connectivity index (χ3v) is 4.33. The molecule has 0 atom stereocenters. The van der Waals surface area contributed by atoms with Gasteiger partial charge >= 0.3 is 0 Å². The maximum Gasteiger partial charge on any atom is 0.256 e. The lowest BCUT2D eigenvalue weighted by atomic mass is 9.92. The number of hydrogen-bond acceptors (Lipinski definition) is 4. The van der Waals surface area contributed by atoms with E-state index < -0.39 is 17.0 Å². The second-order valence-corrected chi connectivity index (χ2v) is 7.49. The molecule has 23 heavy (non-hydrogen) atoms. The fourth-order valence-corrected chi connectivity index (χ4v) is 3.02. The molecule has 0 aliphatic rings. The molecule has 1 aromatic rings. The van der Waals surface area contributed by atoms with Crippen molar-refractivity contribution in [1.29, 1.82) is 0 Å². The van der Waals surface area contributed by atoms with Crippen molar-refractivity contribution < 1.29 is 19.8 Å². The van der Waals surface area contributed by atoms with Gasteiger partial charge in [-0.05, 0) is 61.8 Å². The number of hydrogen-bond donors (Lipinski definition) is 3. The molecule has 2 amide bonds. The van der Waals surface area contributed by atoms with E-state index >= 15 is 0 Å². The molecule has 128 valence electrons. The summed E-state index contributed by atoms with van der Waals surface area (Å²) in [6.07, 6.45) is 0. The molecule has 0 fully saturated rings. The maximum absolute atomic E-state index is 13.0. The first-order valence-corrected chi connectivity index (χ1v) is 7.93. The molecule has 0 saturated heterocycles. The Bertz CT molecular complexity index is 598. The van der Waals surface area contributed by atoms with E-state index in [0.717, 1.165) is 0 Å². The van der Waals surface area contributed by atoms with Crippen LogP contribution in [0.5, 0.6) is 0 Å². The molecule has 0 aliphatic carbocycles. The van der Waals surface area contributed by atoms with Crippen LogP contribution in [0.3, 0.4) is 0 Å². The minimum absolute atomic E-state index is 0.265. The first-order chi connectivity index (χ1) is 10.5. The van der Waals surface area contributed by atoms with Crippen LogP contribution in [-0.2, 0) is 0 Å². The number of nitrogens with two attached hydrogens (primary N) is 1. The van der Waals surface area contributed by atoms with Gasteiger partial charge in [0.15, 0.2) is 0 Å². The summed E-state index contributed by atoms with van der Waals surface area (Å²) in [6, 6.07) is 4.45. The predicted molar refractivity (Wildman–Crippen MR) is 91.2 cm³/mol. The van der Waals surface area contributed by atoms with Gasteiger partial charge in [-0.15, -0.1) is 0 Å². The lowest BCUT2D eigenvalue weighted by molar-refractivity contribution is -0.0242. The van der Waals surface area contributed by atoms with Gasteiger partial charge in [-0.1, -0.05) is 0 Å². The fraction of sp³-hybridized carbons (Fsp3) is 0.500. The van der Waals surface area contributed by atoms with Gasteiger partial charge in [0.1, 0.15) is 0 Å². The summed E-state index contributed by atoms with van der Waals surface area (Å²) < 4.78 is 0.422. The van der Waals surface area contributed by atoms with Gasteiger partial charge in [0, 0.05) is 10.0 Å². The molecule has 0 aliphatic heterocycles. The number of halogens is 1. The van der Waals surface area contributed by atoms with E-state index in [1.165, 1.54) is 23.1 Å². The highest BCUT2D eigenvalue weighted by atomic mass is 79.9. The van der Waals surface area contributed by atoms with Crippen LogP contribution >= 0.6 is 15.9 Å². The van der Waals surface area contributed by atoms with Crippen molar-refractivity contribution in [3.63, 3.8) is 0 Å². The molecule has 0 aromatic heterocycles. The summed E-state index contributed by atoms with van der Waals surface area (Å²) in [7, 11) is 0. The number of benzene rings is 1. The molecule has 0 bridgehead atoms. The number of primary amides is 1. The number of amides is 2. The Morgan fingerprint density at radius 3 is 1.96 bits per heavy atom. The number of rotatable bonds is 6. The van der Waals surface area contributed by atoms with Crippen molar-refractivity contribution in [3.8, 4) is 0 Å². The Morgan fingerprint density at radius 1 is 1.13 bits per heavy atom. The second-order valence-electron chi connectivity index (χ2n) is 6.64. The molecule has 7 heteroatoms. The standard InChI is InChI=1S/C16H23BrN2O4/c1-15(2,8-20)19(16(3,4)9-21)14(23)11-6-5-10(13(18)22)7-12(11)17/h5-7,20-21H,8-9H2,1-4H3,(H2,18,22). The van der Waals surface area contributed by atoms with E-state index in [0.29, 0.717) is 10.0 Å². The average Bonchev–Trinajstić information content (AvgIpc) is 2.46. The van der Waals surface area contributed by atoms with Gasteiger partial charge in [0.05, 0.1) is 29.9 Å². The van der Waals surface area contributed by atoms with E-state index in [4.69, 9.17) is 5.73 Å². The number of carbonyl (C=O) groups excluding carboxylic acids is 2. The summed E-state index contributed by atoms with van der Waals surface area (Å²) in [5.41, 5.74) is 4.06. The van der Waals surface area contributed by atoms with Crippen LogP contribution in [0, 0.1) is 0 Å². The van der Waals surface area contributed by atoms with Crippen molar-refractivity contribution in [2.24, 2.45) is 5.73 Å². The normalized spacial score (nSPS) is 12.1. The minimum atomic E-state index is -0.884. The third-order valence-electron chi connectivity index (χ3n) is 3.67. The van der Waals surface area contributed by atoms with E-state index in [-0.39, 0.29) is 24.7 Å². The number of carbonyl (C=O) groups is 2. The van der Waals surface area contributed by atoms with E-state index in [1.54, 1.807) is 27.7 Å². The zero-order chi connectivity index (χ0) is 18.0. The number of nitrogens with zero attached hydrogens (tertiary/aromatic N) is 1. The molecule has 0 heterocycles. The van der Waals surface area contributed by atoms with Gasteiger partial charge in [-0.3, -0.25) is 9.59 Å². The summed E-state index contributed by atoms with van der Waals surface area (Å²) in [5.74, 6) is -0.959. The first-order valence-electron chi connectivity index (χ1n) is 7.13. The van der Waals surface area contributed by atoms with E-state index in [2.05, 4.69) is 15.9 Å². The summed E-state index contributed by atoms with van der Waals surface area (Å²) in [6.45, 7) is 6.34. The molecule has 0 radical (unpaired) electrons. The van der Waals surface area contributed by atoms with Crippen molar-refractivity contribution in [1.82, 2.24) is 4.90 Å². The third kappa shape index (κ3) is 4.10. The fourth-order valence-electron chi connectivity index (χ4n) is 2.47. The second kappa shape index (κ2) is 6.98.